The Morgan fingerprint density at radius 2 is 1.85 bits per heavy atom. The number of pyridine rings is 2. The second-order valence-corrected chi connectivity index (χ2v) is 9.56. The van der Waals surface area contributed by atoms with Crippen molar-refractivity contribution < 1.29 is 9.90 Å². The van der Waals surface area contributed by atoms with Gasteiger partial charge in [-0.2, -0.15) is 0 Å². The number of hydrogen-bond acceptors (Lipinski definition) is 5. The molecule has 2 aromatic carbocycles. The molecule has 2 heterocycles. The van der Waals surface area contributed by atoms with E-state index in [2.05, 4.69) is 46.5 Å². The van der Waals surface area contributed by atoms with Gasteiger partial charge in [-0.1, -0.05) is 32.0 Å². The molecular formula is C28H32N4O2. The first-order valence-electron chi connectivity index (χ1n) is 11.7. The summed E-state index contributed by atoms with van der Waals surface area (Å²) in [5, 5.41) is 14.8. The number of carbonyl (C=O) groups is 1. The number of nitrogens with zero attached hydrogens (tertiary/aromatic N) is 2. The molecule has 0 aliphatic rings. The fourth-order valence-electron chi connectivity index (χ4n) is 4.44. The first-order chi connectivity index (χ1) is 16.2. The average molecular weight is 457 g/mol. The molecule has 0 aliphatic heterocycles. The van der Waals surface area contributed by atoms with E-state index in [4.69, 9.17) is 5.73 Å². The van der Waals surface area contributed by atoms with E-state index in [9.17, 15) is 9.90 Å². The number of nitrogen functional groups attached to an aromatic ring is 1. The summed E-state index contributed by atoms with van der Waals surface area (Å²) in [5.74, 6) is -0.0646. The van der Waals surface area contributed by atoms with Gasteiger partial charge >= 0.3 is 5.97 Å². The summed E-state index contributed by atoms with van der Waals surface area (Å²) in [4.78, 5) is 20.7. The molecule has 0 spiro atoms. The summed E-state index contributed by atoms with van der Waals surface area (Å²) in [6.07, 6.45) is 4.18. The van der Waals surface area contributed by atoms with E-state index in [-0.39, 0.29) is 0 Å². The average Bonchev–Trinajstić information content (AvgIpc) is 2.77. The number of aliphatic carboxylic acids is 1. The van der Waals surface area contributed by atoms with Gasteiger partial charge in [-0.3, -0.25) is 4.98 Å². The molecule has 0 amide bonds. The largest absolute Gasteiger partial charge is 0.480 e. The highest BCUT2D eigenvalue weighted by Gasteiger charge is 2.18. The fraction of sp³-hybridized carbons (Fsp3) is 0.321. The van der Waals surface area contributed by atoms with E-state index in [1.54, 1.807) is 0 Å². The second-order valence-electron chi connectivity index (χ2n) is 9.56. The Hall–Kier alpha value is -3.67. The molecule has 0 aliphatic carbocycles. The smallest absolute Gasteiger partial charge is 0.326 e. The lowest BCUT2D eigenvalue weighted by molar-refractivity contribution is -0.138. The number of rotatable bonds is 8. The highest BCUT2D eigenvalue weighted by molar-refractivity contribution is 6.08. The van der Waals surface area contributed by atoms with Crippen molar-refractivity contribution >= 4 is 39.3 Å². The fourth-order valence-corrected chi connectivity index (χ4v) is 4.44. The van der Waals surface area contributed by atoms with Gasteiger partial charge in [-0.15, -0.1) is 0 Å². The maximum Gasteiger partial charge on any atom is 0.326 e. The first kappa shape index (κ1) is 23.5. The number of carboxylic acid groups (broad SMARTS) is 1. The zero-order chi connectivity index (χ0) is 24.4. The number of carboxylic acids is 1. The van der Waals surface area contributed by atoms with E-state index in [0.29, 0.717) is 18.2 Å². The van der Waals surface area contributed by atoms with E-state index in [1.165, 1.54) is 5.56 Å². The summed E-state index contributed by atoms with van der Waals surface area (Å²) in [5.41, 5.74) is 13.3. The number of fused-ring (bicyclic) bond motifs is 3. The van der Waals surface area contributed by atoms with Gasteiger partial charge in [0.15, 0.2) is 5.82 Å². The molecule has 2 aromatic heterocycles. The molecule has 1 atom stereocenters. The van der Waals surface area contributed by atoms with Crippen molar-refractivity contribution in [2.75, 3.05) is 11.1 Å². The van der Waals surface area contributed by atoms with Crippen molar-refractivity contribution in [2.24, 2.45) is 5.92 Å². The van der Waals surface area contributed by atoms with Crippen LogP contribution in [-0.4, -0.2) is 27.1 Å². The van der Waals surface area contributed by atoms with Crippen molar-refractivity contribution in [3.8, 4) is 0 Å². The number of benzene rings is 2. The summed E-state index contributed by atoms with van der Waals surface area (Å²) in [6, 6.07) is 13.9. The number of nitrogens with two attached hydrogens (primary N) is 1. The Labute approximate surface area is 200 Å². The Bertz CT molecular complexity index is 1360. The van der Waals surface area contributed by atoms with Gasteiger partial charge in [0.2, 0.25) is 0 Å². The summed E-state index contributed by atoms with van der Waals surface area (Å²) < 4.78 is 0. The van der Waals surface area contributed by atoms with Crippen LogP contribution < -0.4 is 11.1 Å². The Balaban J connectivity index is 1.53. The van der Waals surface area contributed by atoms with Gasteiger partial charge in [0, 0.05) is 22.7 Å². The lowest BCUT2D eigenvalue weighted by Gasteiger charge is -2.18. The highest BCUT2D eigenvalue weighted by Crippen LogP contribution is 2.28. The molecule has 4 aromatic rings. The Kier molecular flexibility index (Phi) is 6.68. The zero-order valence-corrected chi connectivity index (χ0v) is 20.2. The van der Waals surface area contributed by atoms with E-state index >= 15 is 0 Å². The molecule has 1 unspecified atom stereocenters. The Morgan fingerprint density at radius 1 is 1.06 bits per heavy atom. The third kappa shape index (κ3) is 5.11. The van der Waals surface area contributed by atoms with Crippen LogP contribution in [0.15, 0.2) is 48.7 Å². The van der Waals surface area contributed by atoms with Crippen molar-refractivity contribution in [3.05, 3.63) is 70.9 Å². The number of hydrogen-bond donors (Lipinski definition) is 3. The molecular weight excluding hydrogens is 424 g/mol. The molecule has 0 bridgehead atoms. The minimum Gasteiger partial charge on any atom is -0.480 e. The minimum atomic E-state index is -0.822. The molecule has 0 radical (unpaired) electrons. The molecule has 34 heavy (non-hydrogen) atoms. The minimum absolute atomic E-state index is 0.303. The van der Waals surface area contributed by atoms with Crippen LogP contribution in [0.4, 0.5) is 11.5 Å². The standard InChI is InChI=1S/C28H32N4O2/c1-16(2)11-25(28(33)34)31-21-9-8-20(18(4)13-21)7-6-19-14-23-22-10-5-17(3)12-24(22)32-27(29)26(23)30-15-19/h5,8-10,12-16,25,31H,6-7,11H2,1-4H3,(H2,29,32)(H,33,34). The maximum absolute atomic E-state index is 11.6. The third-order valence-corrected chi connectivity index (χ3v) is 6.24. The van der Waals surface area contributed by atoms with Gasteiger partial charge in [-0.05, 0) is 85.5 Å². The third-order valence-electron chi connectivity index (χ3n) is 6.24. The molecule has 0 saturated heterocycles. The lowest BCUT2D eigenvalue weighted by atomic mass is 9.98. The van der Waals surface area contributed by atoms with Crippen LogP contribution in [0.1, 0.15) is 42.5 Å². The maximum atomic E-state index is 11.6. The lowest BCUT2D eigenvalue weighted by Crippen LogP contribution is -2.30. The van der Waals surface area contributed by atoms with Crippen LogP contribution >= 0.6 is 0 Å². The molecule has 4 N–H and O–H groups in total. The summed E-state index contributed by atoms with van der Waals surface area (Å²) in [6.45, 7) is 8.18. The van der Waals surface area contributed by atoms with E-state index in [0.717, 1.165) is 57.0 Å². The van der Waals surface area contributed by atoms with Crippen LogP contribution in [0, 0.1) is 19.8 Å². The van der Waals surface area contributed by atoms with Crippen molar-refractivity contribution in [1.82, 2.24) is 9.97 Å². The van der Waals surface area contributed by atoms with Gasteiger partial charge in [0.1, 0.15) is 11.6 Å². The van der Waals surface area contributed by atoms with Gasteiger partial charge in [0.25, 0.3) is 0 Å². The molecule has 4 rings (SSSR count). The molecule has 0 fully saturated rings. The second kappa shape index (κ2) is 9.67. The van der Waals surface area contributed by atoms with Crippen LogP contribution in [-0.2, 0) is 17.6 Å². The normalized spacial score (nSPS) is 12.4. The monoisotopic (exact) mass is 456 g/mol. The molecule has 6 nitrogen and oxygen atoms in total. The van der Waals surface area contributed by atoms with Crippen LogP contribution in [0.2, 0.25) is 0 Å². The SMILES string of the molecule is Cc1ccc2c(c1)nc(N)c1ncc(CCc3ccc(NC(CC(C)C)C(=O)O)cc3C)cc12. The number of aryl methyl sites for hydroxylation is 4. The van der Waals surface area contributed by atoms with E-state index < -0.39 is 12.0 Å². The number of nitrogens with one attached hydrogen (secondary N) is 1. The topological polar surface area (TPSA) is 101 Å². The van der Waals surface area contributed by atoms with Crippen molar-refractivity contribution in [3.63, 3.8) is 0 Å². The van der Waals surface area contributed by atoms with Crippen LogP contribution in [0.5, 0.6) is 0 Å². The zero-order valence-electron chi connectivity index (χ0n) is 20.2. The van der Waals surface area contributed by atoms with E-state index in [1.807, 2.05) is 45.2 Å². The quantitative estimate of drug-likeness (QED) is 0.295. The Morgan fingerprint density at radius 3 is 2.56 bits per heavy atom. The van der Waals surface area contributed by atoms with Gasteiger partial charge in [0.05, 0.1) is 5.52 Å². The summed E-state index contributed by atoms with van der Waals surface area (Å²) in [7, 11) is 0. The predicted molar refractivity (Wildman–Crippen MR) is 139 cm³/mol. The van der Waals surface area contributed by atoms with Crippen LogP contribution in [0.25, 0.3) is 21.8 Å². The predicted octanol–water partition coefficient (Wildman–Crippen LogP) is 5.68. The number of aromatic nitrogens is 2. The van der Waals surface area contributed by atoms with Crippen molar-refractivity contribution in [1.29, 1.82) is 0 Å². The summed E-state index contributed by atoms with van der Waals surface area (Å²) >= 11 is 0. The van der Waals surface area contributed by atoms with Crippen molar-refractivity contribution in [2.45, 2.75) is 53.0 Å². The van der Waals surface area contributed by atoms with Gasteiger partial charge in [-0.25, -0.2) is 9.78 Å². The molecule has 176 valence electrons. The molecule has 6 heteroatoms. The number of anilines is 2. The molecule has 0 saturated carbocycles. The highest BCUT2D eigenvalue weighted by atomic mass is 16.4. The van der Waals surface area contributed by atoms with Crippen LogP contribution in [0.3, 0.4) is 0 Å². The van der Waals surface area contributed by atoms with Gasteiger partial charge < -0.3 is 16.2 Å². The first-order valence-corrected chi connectivity index (χ1v) is 11.7.